The van der Waals surface area contributed by atoms with Crippen LogP contribution in [0.5, 0.6) is 0 Å². The molecule has 0 bridgehead atoms. The molecule has 0 atom stereocenters. The van der Waals surface area contributed by atoms with Crippen LogP contribution in [-0.4, -0.2) is 46.1 Å². The largest absolute Gasteiger partial charge is 0.405 e. The van der Waals surface area contributed by atoms with Crippen molar-refractivity contribution in [3.8, 4) is 0 Å². The van der Waals surface area contributed by atoms with Crippen LogP contribution in [0.4, 0.5) is 19.0 Å². The fraction of sp³-hybridized carbons (Fsp3) is 0.556. The maximum atomic E-state index is 12.3. The number of anilines is 1. The average molecular weight is 251 g/mol. The summed E-state index contributed by atoms with van der Waals surface area (Å²) in [6.45, 7) is -2.26. The van der Waals surface area contributed by atoms with Gasteiger partial charge >= 0.3 is 6.18 Å². The highest BCUT2D eigenvalue weighted by atomic mass is 19.4. The predicted octanol–water partition coefficient (Wildman–Crippen LogP) is 0.330. The quantitative estimate of drug-likeness (QED) is 0.789. The summed E-state index contributed by atoms with van der Waals surface area (Å²) in [5, 5.41) is 17.5. The Kier molecular flexibility index (Phi) is 4.64. The number of aliphatic hydroxyl groups is 2. The van der Waals surface area contributed by atoms with Gasteiger partial charge in [-0.05, 0) is 0 Å². The molecule has 1 rings (SSSR count). The Hall–Kier alpha value is -1.41. The predicted molar refractivity (Wildman–Crippen MR) is 53.3 cm³/mol. The van der Waals surface area contributed by atoms with E-state index in [0.29, 0.717) is 0 Å². The van der Waals surface area contributed by atoms with Gasteiger partial charge in [-0.15, -0.1) is 0 Å². The molecule has 1 heterocycles. The molecule has 0 spiro atoms. The summed E-state index contributed by atoms with van der Waals surface area (Å²) in [4.78, 5) is 8.33. The van der Waals surface area contributed by atoms with Crippen molar-refractivity contribution in [2.75, 3.05) is 24.6 Å². The molecule has 0 saturated heterocycles. The smallest absolute Gasteiger partial charge is 0.395 e. The number of aromatic nitrogens is 2. The lowest BCUT2D eigenvalue weighted by Crippen LogP contribution is -2.37. The van der Waals surface area contributed by atoms with Crippen LogP contribution in [0.25, 0.3) is 0 Å². The first-order valence-electron chi connectivity index (χ1n) is 4.80. The lowest BCUT2D eigenvalue weighted by atomic mass is 10.4. The van der Waals surface area contributed by atoms with E-state index in [4.69, 9.17) is 10.2 Å². The van der Waals surface area contributed by atoms with Gasteiger partial charge in [0, 0.05) is 6.54 Å². The first-order chi connectivity index (χ1) is 7.96. The maximum absolute atomic E-state index is 12.3. The summed E-state index contributed by atoms with van der Waals surface area (Å²) in [6, 6.07) is 0. The summed E-state index contributed by atoms with van der Waals surface area (Å²) >= 11 is 0. The molecule has 0 saturated carbocycles. The second-order valence-electron chi connectivity index (χ2n) is 3.29. The SMILES string of the molecule is OCCN(CC(F)(F)F)c1cncc(CO)n1. The van der Waals surface area contributed by atoms with E-state index in [9.17, 15) is 13.2 Å². The van der Waals surface area contributed by atoms with E-state index in [-0.39, 0.29) is 18.1 Å². The number of halogens is 3. The van der Waals surface area contributed by atoms with Crippen molar-refractivity contribution >= 4 is 5.82 Å². The summed E-state index contributed by atoms with van der Waals surface area (Å²) in [5.74, 6) is -0.0251. The lowest BCUT2D eigenvalue weighted by Gasteiger charge is -2.23. The second kappa shape index (κ2) is 5.78. The third-order valence-corrected chi connectivity index (χ3v) is 1.90. The summed E-state index contributed by atoms with van der Waals surface area (Å²) in [5.41, 5.74) is 0.174. The molecule has 17 heavy (non-hydrogen) atoms. The molecule has 0 unspecified atom stereocenters. The number of aliphatic hydroxyl groups excluding tert-OH is 2. The van der Waals surface area contributed by atoms with Crippen molar-refractivity contribution in [1.82, 2.24) is 9.97 Å². The fourth-order valence-corrected chi connectivity index (χ4v) is 1.24. The van der Waals surface area contributed by atoms with Gasteiger partial charge in [-0.1, -0.05) is 0 Å². The van der Waals surface area contributed by atoms with E-state index in [1.165, 1.54) is 6.20 Å². The van der Waals surface area contributed by atoms with Gasteiger partial charge in [0.1, 0.15) is 12.4 Å². The van der Waals surface area contributed by atoms with Crippen molar-refractivity contribution < 1.29 is 23.4 Å². The molecule has 96 valence electrons. The van der Waals surface area contributed by atoms with E-state index in [0.717, 1.165) is 11.1 Å². The van der Waals surface area contributed by atoms with Gasteiger partial charge in [0.05, 0.1) is 31.3 Å². The molecule has 0 radical (unpaired) electrons. The van der Waals surface area contributed by atoms with Gasteiger partial charge in [0.15, 0.2) is 0 Å². The number of alkyl halides is 3. The molecule has 1 aromatic rings. The fourth-order valence-electron chi connectivity index (χ4n) is 1.24. The van der Waals surface area contributed by atoms with Crippen molar-refractivity contribution in [3.05, 3.63) is 18.1 Å². The van der Waals surface area contributed by atoms with Crippen molar-refractivity contribution in [3.63, 3.8) is 0 Å². The van der Waals surface area contributed by atoms with E-state index < -0.39 is 25.9 Å². The molecule has 5 nitrogen and oxygen atoms in total. The van der Waals surface area contributed by atoms with Crippen molar-refractivity contribution in [1.29, 1.82) is 0 Å². The van der Waals surface area contributed by atoms with Crippen LogP contribution < -0.4 is 4.90 Å². The van der Waals surface area contributed by atoms with Gasteiger partial charge < -0.3 is 15.1 Å². The molecule has 0 amide bonds. The summed E-state index contributed by atoms with van der Waals surface area (Å²) < 4.78 is 36.8. The monoisotopic (exact) mass is 251 g/mol. The van der Waals surface area contributed by atoms with Gasteiger partial charge in [-0.3, -0.25) is 4.98 Å². The minimum absolute atomic E-state index is 0.0251. The average Bonchev–Trinajstić information content (AvgIpc) is 2.27. The zero-order chi connectivity index (χ0) is 12.9. The van der Waals surface area contributed by atoms with Crippen LogP contribution in [-0.2, 0) is 6.61 Å². The Balaban J connectivity index is 2.88. The van der Waals surface area contributed by atoms with E-state index >= 15 is 0 Å². The molecule has 1 aromatic heterocycles. The Labute approximate surface area is 95.5 Å². The molecule has 8 heteroatoms. The van der Waals surface area contributed by atoms with E-state index in [1.54, 1.807) is 0 Å². The highest BCUT2D eigenvalue weighted by Gasteiger charge is 2.31. The van der Waals surface area contributed by atoms with Crippen molar-refractivity contribution in [2.24, 2.45) is 0 Å². The molecular formula is C9H12F3N3O2. The third kappa shape index (κ3) is 4.53. The normalized spacial score (nSPS) is 11.6. The van der Waals surface area contributed by atoms with Gasteiger partial charge in [-0.25, -0.2) is 4.98 Å². The van der Waals surface area contributed by atoms with Gasteiger partial charge in [0.2, 0.25) is 0 Å². The first-order valence-corrected chi connectivity index (χ1v) is 4.80. The van der Waals surface area contributed by atoms with Crippen molar-refractivity contribution in [2.45, 2.75) is 12.8 Å². The van der Waals surface area contributed by atoms with Gasteiger partial charge in [-0.2, -0.15) is 13.2 Å². The Morgan fingerprint density at radius 2 is 1.94 bits per heavy atom. The van der Waals surface area contributed by atoms with Crippen LogP contribution in [0.3, 0.4) is 0 Å². The Bertz CT molecular complexity index is 360. The van der Waals surface area contributed by atoms with E-state index in [1.807, 2.05) is 0 Å². The maximum Gasteiger partial charge on any atom is 0.405 e. The number of nitrogens with zero attached hydrogens (tertiary/aromatic N) is 3. The van der Waals surface area contributed by atoms with E-state index in [2.05, 4.69) is 9.97 Å². The van der Waals surface area contributed by atoms with Crippen LogP contribution in [0.15, 0.2) is 12.4 Å². The lowest BCUT2D eigenvalue weighted by molar-refractivity contribution is -0.120. The molecule has 0 aromatic carbocycles. The topological polar surface area (TPSA) is 69.5 Å². The standard InChI is InChI=1S/C9H12F3N3O2/c10-9(11,12)6-15(1-2-16)8-4-13-3-7(5-17)14-8/h3-4,16-17H,1-2,5-6H2. The number of rotatable bonds is 5. The highest BCUT2D eigenvalue weighted by molar-refractivity contribution is 5.36. The number of hydrogen-bond acceptors (Lipinski definition) is 5. The molecule has 0 aliphatic carbocycles. The Morgan fingerprint density at radius 3 is 2.47 bits per heavy atom. The third-order valence-electron chi connectivity index (χ3n) is 1.90. The zero-order valence-corrected chi connectivity index (χ0v) is 8.85. The first kappa shape index (κ1) is 13.7. The summed E-state index contributed by atoms with van der Waals surface area (Å²) in [6.07, 6.45) is -1.99. The minimum Gasteiger partial charge on any atom is -0.395 e. The molecule has 0 aliphatic rings. The second-order valence-corrected chi connectivity index (χ2v) is 3.29. The molecule has 2 N–H and O–H groups in total. The molecule has 0 aliphatic heterocycles. The molecular weight excluding hydrogens is 239 g/mol. The van der Waals surface area contributed by atoms with Gasteiger partial charge in [0.25, 0.3) is 0 Å². The van der Waals surface area contributed by atoms with Crippen LogP contribution >= 0.6 is 0 Å². The van der Waals surface area contributed by atoms with Crippen LogP contribution in [0, 0.1) is 0 Å². The number of hydrogen-bond donors (Lipinski definition) is 2. The van der Waals surface area contributed by atoms with Crippen LogP contribution in [0.1, 0.15) is 5.69 Å². The summed E-state index contributed by atoms with van der Waals surface area (Å²) in [7, 11) is 0. The Morgan fingerprint density at radius 1 is 1.24 bits per heavy atom. The zero-order valence-electron chi connectivity index (χ0n) is 8.85. The molecule has 0 fully saturated rings. The minimum atomic E-state index is -4.40. The van der Waals surface area contributed by atoms with Crippen LogP contribution in [0.2, 0.25) is 0 Å². The highest BCUT2D eigenvalue weighted by Crippen LogP contribution is 2.20.